The van der Waals surface area contributed by atoms with Crippen LogP contribution < -0.4 is 0 Å². The predicted molar refractivity (Wildman–Crippen MR) is 110 cm³/mol. The van der Waals surface area contributed by atoms with E-state index in [0.717, 1.165) is 19.6 Å². The number of hydrogen-bond donors (Lipinski definition) is 0. The van der Waals surface area contributed by atoms with Gasteiger partial charge < -0.3 is 9.47 Å². The van der Waals surface area contributed by atoms with Gasteiger partial charge in [0.05, 0.1) is 0 Å². The van der Waals surface area contributed by atoms with Gasteiger partial charge in [0.1, 0.15) is 0 Å². The molecule has 23 heavy (non-hydrogen) atoms. The van der Waals surface area contributed by atoms with Crippen LogP contribution in [-0.2, 0) is 9.47 Å². The zero-order valence-electron chi connectivity index (χ0n) is 15.5. The van der Waals surface area contributed by atoms with Gasteiger partial charge in [-0.1, -0.05) is 79.7 Å². The highest BCUT2D eigenvalue weighted by Gasteiger charge is 2.06. The molecule has 0 aliphatic heterocycles. The molecule has 0 fully saturated rings. The van der Waals surface area contributed by atoms with Gasteiger partial charge in [0.15, 0.2) is 6.29 Å². The first kappa shape index (κ1) is 23.4. The van der Waals surface area contributed by atoms with E-state index in [-0.39, 0.29) is 6.29 Å². The molecule has 0 N–H and O–H groups in total. The van der Waals surface area contributed by atoms with Gasteiger partial charge in [-0.25, -0.2) is 0 Å². The van der Waals surface area contributed by atoms with Crippen LogP contribution in [-0.4, -0.2) is 23.9 Å². The van der Waals surface area contributed by atoms with Crippen molar-refractivity contribution >= 4 is 22.6 Å². The highest BCUT2D eigenvalue weighted by atomic mass is 127. The van der Waals surface area contributed by atoms with Gasteiger partial charge >= 0.3 is 0 Å². The molecule has 0 heterocycles. The third kappa shape index (κ3) is 18.6. The molecule has 0 aliphatic carbocycles. The Balaban J connectivity index is 3.21. The van der Waals surface area contributed by atoms with Crippen molar-refractivity contribution in [2.45, 2.75) is 97.2 Å². The maximum Gasteiger partial charge on any atom is 0.157 e. The zero-order chi connectivity index (χ0) is 17.0. The summed E-state index contributed by atoms with van der Waals surface area (Å²) in [6, 6.07) is 0. The third-order valence-corrected chi connectivity index (χ3v) is 4.58. The molecule has 0 aromatic rings. The Morgan fingerprint density at radius 3 is 1.70 bits per heavy atom. The monoisotopic (exact) mass is 438 g/mol. The van der Waals surface area contributed by atoms with Gasteiger partial charge in [0.25, 0.3) is 0 Å². The van der Waals surface area contributed by atoms with Crippen molar-refractivity contribution in [1.82, 2.24) is 0 Å². The van der Waals surface area contributed by atoms with Crippen molar-refractivity contribution < 1.29 is 9.47 Å². The number of ether oxygens (including phenoxy) is 2. The van der Waals surface area contributed by atoms with Crippen LogP contribution in [0.25, 0.3) is 0 Å². The second-order valence-electron chi connectivity index (χ2n) is 6.05. The molecule has 0 atom stereocenters. The molecule has 0 radical (unpaired) electrons. The Hall–Kier alpha value is 0.390. The average Bonchev–Trinajstić information content (AvgIpc) is 2.55. The van der Waals surface area contributed by atoms with E-state index in [0.29, 0.717) is 0 Å². The van der Waals surface area contributed by atoms with Crippen molar-refractivity contribution in [3.05, 3.63) is 12.2 Å². The minimum Gasteiger partial charge on any atom is -0.353 e. The van der Waals surface area contributed by atoms with Gasteiger partial charge in [-0.15, -0.1) is 0 Å². The molecule has 0 rings (SSSR count). The van der Waals surface area contributed by atoms with Crippen molar-refractivity contribution in [2.75, 3.05) is 17.6 Å². The molecule has 0 spiro atoms. The number of alkyl halides is 1. The zero-order valence-corrected chi connectivity index (χ0v) is 17.7. The topological polar surface area (TPSA) is 18.5 Å². The lowest BCUT2D eigenvalue weighted by Gasteiger charge is -2.16. The van der Waals surface area contributed by atoms with Gasteiger partial charge in [-0.05, 0) is 46.0 Å². The number of halogens is 1. The largest absolute Gasteiger partial charge is 0.353 e. The Morgan fingerprint density at radius 2 is 1.17 bits per heavy atom. The molecule has 0 saturated heterocycles. The molecule has 0 amide bonds. The summed E-state index contributed by atoms with van der Waals surface area (Å²) in [4.78, 5) is 0. The lowest BCUT2D eigenvalue weighted by molar-refractivity contribution is -0.140. The van der Waals surface area contributed by atoms with Crippen molar-refractivity contribution in [3.8, 4) is 0 Å². The first-order valence-corrected chi connectivity index (χ1v) is 11.3. The van der Waals surface area contributed by atoms with E-state index in [1.54, 1.807) is 0 Å². The van der Waals surface area contributed by atoms with Gasteiger partial charge in [-0.3, -0.25) is 0 Å². The van der Waals surface area contributed by atoms with E-state index in [4.69, 9.17) is 9.47 Å². The maximum atomic E-state index is 5.57. The Morgan fingerprint density at radius 1 is 0.696 bits per heavy atom. The fourth-order valence-corrected chi connectivity index (χ4v) is 3.06. The van der Waals surface area contributed by atoms with Crippen LogP contribution >= 0.6 is 22.6 Å². The molecule has 0 saturated carbocycles. The molecular weight excluding hydrogens is 399 g/mol. The molecule has 138 valence electrons. The van der Waals surface area contributed by atoms with Gasteiger partial charge in [-0.2, -0.15) is 0 Å². The van der Waals surface area contributed by atoms with Gasteiger partial charge in [0, 0.05) is 17.6 Å². The van der Waals surface area contributed by atoms with Crippen molar-refractivity contribution in [3.63, 3.8) is 0 Å². The van der Waals surface area contributed by atoms with E-state index in [1.165, 1.54) is 75.1 Å². The van der Waals surface area contributed by atoms with Crippen LogP contribution in [0.15, 0.2) is 12.2 Å². The summed E-state index contributed by atoms with van der Waals surface area (Å²) >= 11 is 2.43. The predicted octanol–water partition coefficient (Wildman–Crippen LogP) is 7.06. The quantitative estimate of drug-likeness (QED) is 0.0750. The van der Waals surface area contributed by atoms with Crippen molar-refractivity contribution in [1.29, 1.82) is 0 Å². The van der Waals surface area contributed by atoms with E-state index in [2.05, 4.69) is 34.7 Å². The normalized spacial score (nSPS) is 11.8. The maximum absolute atomic E-state index is 5.57. The first-order chi connectivity index (χ1) is 11.3. The van der Waals surface area contributed by atoms with Crippen molar-refractivity contribution in [2.24, 2.45) is 0 Å². The SMILES string of the molecule is CCOC(CCCCCCCCCCC/C=C/CCI)OCC. The summed E-state index contributed by atoms with van der Waals surface area (Å²) in [7, 11) is 0. The fourth-order valence-electron chi connectivity index (χ4n) is 2.70. The van der Waals surface area contributed by atoms with Crippen LogP contribution in [0.5, 0.6) is 0 Å². The smallest absolute Gasteiger partial charge is 0.157 e. The average molecular weight is 438 g/mol. The molecule has 3 heteroatoms. The van der Waals surface area contributed by atoms with Crippen LogP contribution in [0.4, 0.5) is 0 Å². The van der Waals surface area contributed by atoms with Crippen LogP contribution in [0.3, 0.4) is 0 Å². The van der Waals surface area contributed by atoms with E-state index in [1.807, 2.05) is 13.8 Å². The van der Waals surface area contributed by atoms with Crippen LogP contribution in [0.2, 0.25) is 0 Å². The highest BCUT2D eigenvalue weighted by molar-refractivity contribution is 14.1. The van der Waals surface area contributed by atoms with Crippen LogP contribution in [0, 0.1) is 0 Å². The number of hydrogen-bond acceptors (Lipinski definition) is 2. The number of unbranched alkanes of at least 4 members (excludes halogenated alkanes) is 9. The van der Waals surface area contributed by atoms with E-state index in [9.17, 15) is 0 Å². The molecule has 0 bridgehead atoms. The second-order valence-corrected chi connectivity index (χ2v) is 7.13. The minimum atomic E-state index is 0.0240. The Labute approximate surface area is 158 Å². The third-order valence-electron chi connectivity index (χ3n) is 3.96. The molecule has 0 aliphatic rings. The molecule has 0 aromatic carbocycles. The summed E-state index contributed by atoms with van der Waals surface area (Å²) in [5.74, 6) is 0. The summed E-state index contributed by atoms with van der Waals surface area (Å²) < 4.78 is 12.4. The van der Waals surface area contributed by atoms with Crippen LogP contribution in [0.1, 0.15) is 90.9 Å². The first-order valence-electron chi connectivity index (χ1n) is 9.79. The lowest BCUT2D eigenvalue weighted by Crippen LogP contribution is -2.17. The summed E-state index contributed by atoms with van der Waals surface area (Å²) in [6.45, 7) is 5.57. The fraction of sp³-hybridized carbons (Fsp3) is 0.900. The number of allylic oxidation sites excluding steroid dienone is 2. The lowest BCUT2D eigenvalue weighted by atomic mass is 10.1. The summed E-state index contributed by atoms with van der Waals surface area (Å²) in [5, 5.41) is 0. The minimum absolute atomic E-state index is 0.0240. The van der Waals surface area contributed by atoms with Gasteiger partial charge in [0.2, 0.25) is 0 Å². The highest BCUT2D eigenvalue weighted by Crippen LogP contribution is 2.13. The Kier molecular flexibility index (Phi) is 20.8. The summed E-state index contributed by atoms with van der Waals surface area (Å²) in [5.41, 5.74) is 0. The van der Waals surface area contributed by atoms with E-state index >= 15 is 0 Å². The molecule has 2 nitrogen and oxygen atoms in total. The molecular formula is C20H39IO2. The standard InChI is InChI=1S/C20H39IO2/c1-3-22-20(23-4-2)18-16-14-12-10-8-6-5-7-9-11-13-15-17-19-21/h13,15,20H,3-12,14,16-19H2,1-2H3/b15-13+. The molecule has 0 unspecified atom stereocenters. The molecule has 0 aromatic heterocycles. The summed E-state index contributed by atoms with van der Waals surface area (Å²) in [6.07, 6.45) is 20.6. The Bertz CT molecular complexity index is 238. The second kappa shape index (κ2) is 20.4. The van der Waals surface area contributed by atoms with E-state index < -0.39 is 0 Å². The number of rotatable bonds is 18.